The fourth-order valence-corrected chi connectivity index (χ4v) is 4.28. The van der Waals surface area contributed by atoms with Crippen LogP contribution in [0.1, 0.15) is 13.8 Å². The molecule has 0 radical (unpaired) electrons. The Morgan fingerprint density at radius 3 is 2.72 bits per heavy atom. The molecule has 1 aliphatic heterocycles. The summed E-state index contributed by atoms with van der Waals surface area (Å²) in [6.07, 6.45) is 0. The Labute approximate surface area is 117 Å². The molecular weight excluding hydrogens is 316 g/mol. The third-order valence-corrected chi connectivity index (χ3v) is 5.30. The van der Waals surface area contributed by atoms with E-state index in [0.29, 0.717) is 24.5 Å². The number of halogens is 1. The summed E-state index contributed by atoms with van der Waals surface area (Å²) < 4.78 is 27.3. The van der Waals surface area contributed by atoms with Crippen molar-refractivity contribution in [2.75, 3.05) is 19.6 Å². The highest BCUT2D eigenvalue weighted by atomic mass is 79.9. The van der Waals surface area contributed by atoms with Crippen LogP contribution in [-0.2, 0) is 10.0 Å². The first-order valence-electron chi connectivity index (χ1n) is 5.82. The van der Waals surface area contributed by atoms with Gasteiger partial charge in [-0.25, -0.2) is 8.42 Å². The summed E-state index contributed by atoms with van der Waals surface area (Å²) in [5, 5.41) is 3.31. The quantitative estimate of drug-likeness (QED) is 0.898. The van der Waals surface area contributed by atoms with Crippen LogP contribution in [0.25, 0.3) is 0 Å². The zero-order valence-electron chi connectivity index (χ0n) is 10.5. The van der Waals surface area contributed by atoms with Crippen molar-refractivity contribution in [2.24, 2.45) is 0 Å². The second kappa shape index (κ2) is 4.92. The van der Waals surface area contributed by atoms with Gasteiger partial charge in [0.1, 0.15) is 0 Å². The fourth-order valence-electron chi connectivity index (χ4n) is 2.08. The maximum atomic E-state index is 12.5. The molecule has 1 fully saturated rings. The van der Waals surface area contributed by atoms with E-state index in [0.717, 1.165) is 4.47 Å². The van der Waals surface area contributed by atoms with Crippen molar-refractivity contribution in [3.05, 3.63) is 28.7 Å². The smallest absolute Gasteiger partial charge is 0.243 e. The summed E-state index contributed by atoms with van der Waals surface area (Å²) in [5.41, 5.74) is -0.183. The molecule has 1 saturated heterocycles. The molecule has 1 aromatic carbocycles. The minimum Gasteiger partial charge on any atom is -0.309 e. The van der Waals surface area contributed by atoms with E-state index >= 15 is 0 Å². The van der Waals surface area contributed by atoms with E-state index in [1.54, 1.807) is 22.5 Å². The third-order valence-electron chi connectivity index (χ3n) is 2.97. The van der Waals surface area contributed by atoms with Gasteiger partial charge in [0.2, 0.25) is 10.0 Å². The van der Waals surface area contributed by atoms with E-state index in [1.807, 2.05) is 19.9 Å². The van der Waals surface area contributed by atoms with Crippen molar-refractivity contribution in [1.29, 1.82) is 0 Å². The average molecular weight is 333 g/mol. The van der Waals surface area contributed by atoms with Crippen molar-refractivity contribution in [3.8, 4) is 0 Å². The van der Waals surface area contributed by atoms with E-state index in [2.05, 4.69) is 21.2 Å². The number of nitrogens with one attached hydrogen (secondary N) is 1. The molecular formula is C12H17BrN2O2S. The van der Waals surface area contributed by atoms with Gasteiger partial charge >= 0.3 is 0 Å². The van der Waals surface area contributed by atoms with Crippen LogP contribution in [0.5, 0.6) is 0 Å². The van der Waals surface area contributed by atoms with Crippen molar-refractivity contribution in [1.82, 2.24) is 9.62 Å². The Hall–Kier alpha value is -0.430. The normalized spacial score (nSPS) is 20.8. The maximum Gasteiger partial charge on any atom is 0.243 e. The molecule has 4 nitrogen and oxygen atoms in total. The maximum absolute atomic E-state index is 12.5. The van der Waals surface area contributed by atoms with Crippen LogP contribution in [0.3, 0.4) is 0 Å². The van der Waals surface area contributed by atoms with Gasteiger partial charge in [0.05, 0.1) is 4.90 Å². The molecule has 0 aliphatic carbocycles. The summed E-state index contributed by atoms with van der Waals surface area (Å²) in [6, 6.07) is 6.84. The van der Waals surface area contributed by atoms with Gasteiger partial charge in [-0.2, -0.15) is 4.31 Å². The Morgan fingerprint density at radius 2 is 2.11 bits per heavy atom. The van der Waals surface area contributed by atoms with E-state index in [9.17, 15) is 8.42 Å². The molecule has 0 saturated carbocycles. The monoisotopic (exact) mass is 332 g/mol. The van der Waals surface area contributed by atoms with Crippen LogP contribution in [0, 0.1) is 0 Å². The lowest BCUT2D eigenvalue weighted by atomic mass is 10.0. The minimum atomic E-state index is -3.39. The Balaban J connectivity index is 2.31. The number of rotatable bonds is 2. The van der Waals surface area contributed by atoms with Crippen LogP contribution in [0.15, 0.2) is 33.6 Å². The average Bonchev–Trinajstić information content (AvgIpc) is 2.27. The van der Waals surface area contributed by atoms with Crippen LogP contribution in [-0.4, -0.2) is 37.9 Å². The van der Waals surface area contributed by atoms with Crippen molar-refractivity contribution < 1.29 is 8.42 Å². The van der Waals surface area contributed by atoms with Gasteiger partial charge < -0.3 is 5.32 Å². The van der Waals surface area contributed by atoms with E-state index in [1.165, 1.54) is 0 Å². The zero-order chi connectivity index (χ0) is 13.4. The molecule has 0 atom stereocenters. The Morgan fingerprint density at radius 1 is 1.39 bits per heavy atom. The van der Waals surface area contributed by atoms with Crippen LogP contribution < -0.4 is 5.32 Å². The van der Waals surface area contributed by atoms with Gasteiger partial charge in [0.15, 0.2) is 0 Å². The van der Waals surface area contributed by atoms with E-state index in [-0.39, 0.29) is 5.54 Å². The lowest BCUT2D eigenvalue weighted by molar-refractivity contribution is 0.233. The predicted octanol–water partition coefficient (Wildman–Crippen LogP) is 1.82. The first kappa shape index (κ1) is 14.0. The first-order chi connectivity index (χ1) is 8.31. The van der Waals surface area contributed by atoms with Gasteiger partial charge in [0, 0.05) is 29.6 Å². The van der Waals surface area contributed by atoms with Crippen molar-refractivity contribution >= 4 is 26.0 Å². The Bertz CT molecular complexity index is 543. The molecule has 1 aliphatic rings. The van der Waals surface area contributed by atoms with Gasteiger partial charge in [-0.3, -0.25) is 0 Å². The number of hydrogen-bond donors (Lipinski definition) is 1. The third kappa shape index (κ3) is 2.93. The molecule has 6 heteroatoms. The summed E-state index contributed by atoms with van der Waals surface area (Å²) in [7, 11) is -3.39. The van der Waals surface area contributed by atoms with Gasteiger partial charge in [-0.1, -0.05) is 22.0 Å². The lowest BCUT2D eigenvalue weighted by Crippen LogP contribution is -2.58. The molecule has 2 rings (SSSR count). The van der Waals surface area contributed by atoms with Crippen molar-refractivity contribution in [2.45, 2.75) is 24.3 Å². The van der Waals surface area contributed by atoms with Crippen LogP contribution in [0.4, 0.5) is 0 Å². The number of sulfonamides is 1. The largest absolute Gasteiger partial charge is 0.309 e. The predicted molar refractivity (Wildman–Crippen MR) is 75.0 cm³/mol. The fraction of sp³-hybridized carbons (Fsp3) is 0.500. The van der Waals surface area contributed by atoms with E-state index < -0.39 is 10.0 Å². The summed E-state index contributed by atoms with van der Waals surface area (Å²) in [5.74, 6) is 0. The summed E-state index contributed by atoms with van der Waals surface area (Å²) in [4.78, 5) is 0.342. The number of hydrogen-bond acceptors (Lipinski definition) is 3. The molecule has 0 spiro atoms. The van der Waals surface area contributed by atoms with E-state index in [4.69, 9.17) is 0 Å². The number of benzene rings is 1. The van der Waals surface area contributed by atoms with Gasteiger partial charge in [-0.05, 0) is 32.0 Å². The molecule has 0 amide bonds. The molecule has 1 heterocycles. The highest BCUT2D eigenvalue weighted by Gasteiger charge is 2.33. The topological polar surface area (TPSA) is 49.4 Å². The highest BCUT2D eigenvalue weighted by Crippen LogP contribution is 2.22. The summed E-state index contributed by atoms with van der Waals surface area (Å²) in [6.45, 7) is 5.70. The molecule has 1 N–H and O–H groups in total. The highest BCUT2D eigenvalue weighted by molar-refractivity contribution is 9.10. The number of piperazine rings is 1. The molecule has 0 unspecified atom stereocenters. The second-order valence-corrected chi connectivity index (χ2v) is 7.96. The lowest BCUT2D eigenvalue weighted by Gasteiger charge is -2.38. The Kier molecular flexibility index (Phi) is 3.82. The summed E-state index contributed by atoms with van der Waals surface area (Å²) >= 11 is 3.31. The molecule has 100 valence electrons. The molecule has 1 aromatic rings. The second-order valence-electron chi connectivity index (χ2n) is 5.11. The van der Waals surface area contributed by atoms with Gasteiger partial charge in [0.25, 0.3) is 0 Å². The zero-order valence-corrected chi connectivity index (χ0v) is 12.9. The first-order valence-corrected chi connectivity index (χ1v) is 8.05. The van der Waals surface area contributed by atoms with Crippen molar-refractivity contribution in [3.63, 3.8) is 0 Å². The SMILES string of the molecule is CC1(C)CN(S(=O)(=O)c2cccc(Br)c2)CCN1. The molecule has 0 aromatic heterocycles. The van der Waals surface area contributed by atoms with Crippen LogP contribution in [0.2, 0.25) is 0 Å². The minimum absolute atomic E-state index is 0.183. The molecule has 18 heavy (non-hydrogen) atoms. The van der Waals surface area contributed by atoms with Gasteiger partial charge in [-0.15, -0.1) is 0 Å². The number of nitrogens with zero attached hydrogens (tertiary/aromatic N) is 1. The van der Waals surface area contributed by atoms with Crippen LogP contribution >= 0.6 is 15.9 Å². The molecule has 0 bridgehead atoms. The standard InChI is InChI=1S/C12H17BrN2O2S/c1-12(2)9-15(7-6-14-12)18(16,17)11-5-3-4-10(13)8-11/h3-5,8,14H,6-7,9H2,1-2H3.